The molecule has 0 aromatic rings. The summed E-state index contributed by atoms with van der Waals surface area (Å²) in [5.41, 5.74) is 0. The Morgan fingerprint density at radius 1 is 0.643 bits per heavy atom. The zero-order valence-electron chi connectivity index (χ0n) is 7.93. The second kappa shape index (κ2) is 5.26. The topological polar surface area (TPSA) is 36.9 Å². The van der Waals surface area contributed by atoms with Crippen LogP contribution in [0.3, 0.4) is 0 Å². The van der Waals surface area contributed by atoms with Gasteiger partial charge in [0, 0.05) is 0 Å². The first kappa shape index (κ1) is 9.86. The molecule has 0 aromatic carbocycles. The molecule has 0 unspecified atom stereocenters. The van der Waals surface area contributed by atoms with E-state index in [-0.39, 0.29) is 12.6 Å². The molecule has 0 bridgehead atoms. The average Bonchev–Trinajstić information content (AvgIpc) is 2.86. The summed E-state index contributed by atoms with van der Waals surface area (Å²) in [5.74, 6) is 0. The molecular weight excluding hydrogens is 184 g/mol. The highest BCUT2D eigenvalue weighted by Crippen LogP contribution is 2.06. The van der Waals surface area contributed by atoms with Gasteiger partial charge in [0.15, 0.2) is 12.6 Å². The number of allylic oxidation sites excluding steroid dienone is 2. The maximum atomic E-state index is 5.22. The van der Waals surface area contributed by atoms with Crippen molar-refractivity contribution in [2.75, 3.05) is 26.4 Å². The van der Waals surface area contributed by atoms with Crippen molar-refractivity contribution in [3.8, 4) is 0 Å². The molecule has 4 heteroatoms. The van der Waals surface area contributed by atoms with Gasteiger partial charge in [-0.2, -0.15) is 0 Å². The molecule has 2 rings (SSSR count). The highest BCUT2D eigenvalue weighted by atomic mass is 16.7. The fraction of sp³-hybridized carbons (Fsp3) is 0.600. The lowest BCUT2D eigenvalue weighted by Gasteiger charge is -2.01. The number of hydrogen-bond acceptors (Lipinski definition) is 4. The lowest BCUT2D eigenvalue weighted by molar-refractivity contribution is -0.00268. The molecule has 2 heterocycles. The number of rotatable bonds is 3. The largest absolute Gasteiger partial charge is 0.347 e. The van der Waals surface area contributed by atoms with Crippen LogP contribution in [0.15, 0.2) is 24.3 Å². The normalized spacial score (nSPS) is 26.0. The molecule has 2 aliphatic rings. The van der Waals surface area contributed by atoms with E-state index in [2.05, 4.69) is 0 Å². The van der Waals surface area contributed by atoms with E-state index < -0.39 is 0 Å². The number of hydrogen-bond donors (Lipinski definition) is 0. The monoisotopic (exact) mass is 198 g/mol. The van der Waals surface area contributed by atoms with Gasteiger partial charge in [-0.1, -0.05) is 12.2 Å². The first-order valence-corrected chi connectivity index (χ1v) is 4.76. The Bertz CT molecular complexity index is 188. The molecule has 2 aliphatic heterocycles. The summed E-state index contributed by atoms with van der Waals surface area (Å²) >= 11 is 0. The molecule has 0 radical (unpaired) electrons. The van der Waals surface area contributed by atoms with Crippen molar-refractivity contribution in [1.29, 1.82) is 0 Å². The summed E-state index contributed by atoms with van der Waals surface area (Å²) < 4.78 is 20.9. The van der Waals surface area contributed by atoms with Crippen LogP contribution >= 0.6 is 0 Å². The van der Waals surface area contributed by atoms with Crippen molar-refractivity contribution in [3.63, 3.8) is 0 Å². The van der Waals surface area contributed by atoms with Gasteiger partial charge >= 0.3 is 0 Å². The second-order valence-corrected chi connectivity index (χ2v) is 2.99. The average molecular weight is 198 g/mol. The summed E-state index contributed by atoms with van der Waals surface area (Å²) in [7, 11) is 0. The molecule has 0 amide bonds. The zero-order chi connectivity index (χ0) is 9.64. The van der Waals surface area contributed by atoms with Crippen molar-refractivity contribution in [2.45, 2.75) is 12.6 Å². The molecule has 2 fully saturated rings. The van der Waals surface area contributed by atoms with Gasteiger partial charge in [0.05, 0.1) is 26.4 Å². The summed E-state index contributed by atoms with van der Waals surface area (Å²) in [6.45, 7) is 2.70. The first-order chi connectivity index (χ1) is 6.95. The molecule has 78 valence electrons. The Balaban J connectivity index is 1.69. The standard InChI is InChI=1S/C10H14O4/c1(3-9-11-5-6-12-9)2-4-10-13-7-8-14-10/h1-4,9-10H,5-8H2/b3-1-,4-2-. The van der Waals surface area contributed by atoms with Crippen LogP contribution in [-0.4, -0.2) is 39.0 Å². The molecule has 0 atom stereocenters. The van der Waals surface area contributed by atoms with Crippen molar-refractivity contribution in [1.82, 2.24) is 0 Å². The van der Waals surface area contributed by atoms with E-state index in [1.54, 1.807) is 0 Å². The third-order valence-corrected chi connectivity index (χ3v) is 1.94. The first-order valence-electron chi connectivity index (χ1n) is 4.76. The Labute approximate surface area is 83.1 Å². The summed E-state index contributed by atoms with van der Waals surface area (Å²) in [6.07, 6.45) is 7.09. The van der Waals surface area contributed by atoms with E-state index in [9.17, 15) is 0 Å². The van der Waals surface area contributed by atoms with Crippen LogP contribution in [0.1, 0.15) is 0 Å². The van der Waals surface area contributed by atoms with Gasteiger partial charge in [0.2, 0.25) is 0 Å². The summed E-state index contributed by atoms with van der Waals surface area (Å²) in [6, 6.07) is 0. The van der Waals surface area contributed by atoms with E-state index in [1.807, 2.05) is 24.3 Å². The van der Waals surface area contributed by atoms with Gasteiger partial charge in [-0.05, 0) is 12.2 Å². The Morgan fingerprint density at radius 2 is 1.00 bits per heavy atom. The molecule has 2 saturated heterocycles. The second-order valence-electron chi connectivity index (χ2n) is 2.99. The fourth-order valence-corrected chi connectivity index (χ4v) is 1.29. The predicted octanol–water partition coefficient (Wildman–Crippen LogP) is 0.845. The van der Waals surface area contributed by atoms with Gasteiger partial charge in [0.25, 0.3) is 0 Å². The fourth-order valence-electron chi connectivity index (χ4n) is 1.29. The lowest BCUT2D eigenvalue weighted by atomic mass is 10.4. The Kier molecular flexibility index (Phi) is 3.71. The molecule has 0 N–H and O–H groups in total. The Hall–Kier alpha value is -0.680. The smallest absolute Gasteiger partial charge is 0.177 e. The molecule has 14 heavy (non-hydrogen) atoms. The zero-order valence-corrected chi connectivity index (χ0v) is 7.93. The highest BCUT2D eigenvalue weighted by Gasteiger charge is 2.12. The SMILES string of the molecule is C(/C=C\C1OCCO1)=C/C1OCCO1. The molecule has 0 spiro atoms. The molecule has 0 aliphatic carbocycles. The summed E-state index contributed by atoms with van der Waals surface area (Å²) in [5, 5.41) is 0. The van der Waals surface area contributed by atoms with Crippen LogP contribution in [-0.2, 0) is 18.9 Å². The van der Waals surface area contributed by atoms with E-state index >= 15 is 0 Å². The van der Waals surface area contributed by atoms with E-state index in [4.69, 9.17) is 18.9 Å². The van der Waals surface area contributed by atoms with Crippen molar-refractivity contribution < 1.29 is 18.9 Å². The van der Waals surface area contributed by atoms with E-state index in [0.29, 0.717) is 26.4 Å². The van der Waals surface area contributed by atoms with Gasteiger partial charge in [0.1, 0.15) is 0 Å². The van der Waals surface area contributed by atoms with Gasteiger partial charge in [-0.25, -0.2) is 0 Å². The summed E-state index contributed by atoms with van der Waals surface area (Å²) in [4.78, 5) is 0. The maximum Gasteiger partial charge on any atom is 0.177 e. The predicted molar refractivity (Wildman–Crippen MR) is 49.7 cm³/mol. The van der Waals surface area contributed by atoms with Crippen LogP contribution in [0.25, 0.3) is 0 Å². The quantitative estimate of drug-likeness (QED) is 0.630. The third kappa shape index (κ3) is 2.92. The minimum absolute atomic E-state index is 0.190. The van der Waals surface area contributed by atoms with Crippen LogP contribution in [0.4, 0.5) is 0 Å². The molecule has 4 nitrogen and oxygen atoms in total. The van der Waals surface area contributed by atoms with Gasteiger partial charge in [-0.3, -0.25) is 0 Å². The lowest BCUT2D eigenvalue weighted by Crippen LogP contribution is -2.02. The minimum Gasteiger partial charge on any atom is -0.347 e. The highest BCUT2D eigenvalue weighted by molar-refractivity contribution is 5.05. The van der Waals surface area contributed by atoms with Crippen LogP contribution in [0.5, 0.6) is 0 Å². The van der Waals surface area contributed by atoms with Gasteiger partial charge < -0.3 is 18.9 Å². The third-order valence-electron chi connectivity index (χ3n) is 1.94. The van der Waals surface area contributed by atoms with Crippen LogP contribution in [0, 0.1) is 0 Å². The maximum absolute atomic E-state index is 5.22. The van der Waals surface area contributed by atoms with Crippen molar-refractivity contribution in [3.05, 3.63) is 24.3 Å². The van der Waals surface area contributed by atoms with Gasteiger partial charge in [-0.15, -0.1) is 0 Å². The van der Waals surface area contributed by atoms with Crippen molar-refractivity contribution >= 4 is 0 Å². The molecular formula is C10H14O4. The molecule has 0 aromatic heterocycles. The van der Waals surface area contributed by atoms with Crippen molar-refractivity contribution in [2.24, 2.45) is 0 Å². The van der Waals surface area contributed by atoms with Crippen LogP contribution < -0.4 is 0 Å². The molecule has 0 saturated carbocycles. The minimum atomic E-state index is -0.190. The van der Waals surface area contributed by atoms with Crippen LogP contribution in [0.2, 0.25) is 0 Å². The number of ether oxygens (including phenoxy) is 4. The Morgan fingerprint density at radius 3 is 1.36 bits per heavy atom. The van der Waals surface area contributed by atoms with E-state index in [1.165, 1.54) is 0 Å². The van der Waals surface area contributed by atoms with E-state index in [0.717, 1.165) is 0 Å².